The minimum absolute atomic E-state index is 0.156. The van der Waals surface area contributed by atoms with Crippen LogP contribution >= 0.6 is 15.9 Å². The summed E-state index contributed by atoms with van der Waals surface area (Å²) in [4.78, 5) is 13.9. The van der Waals surface area contributed by atoms with E-state index in [1.807, 2.05) is 6.92 Å². The lowest BCUT2D eigenvalue weighted by atomic mass is 10.0. The lowest BCUT2D eigenvalue weighted by molar-refractivity contribution is 0.172. The average Bonchev–Trinajstić information content (AvgIpc) is 2.10. The van der Waals surface area contributed by atoms with Gasteiger partial charge in [-0.2, -0.15) is 0 Å². The summed E-state index contributed by atoms with van der Waals surface area (Å²) < 4.78 is 0.602. The zero-order valence-electron chi connectivity index (χ0n) is 7.60. The third kappa shape index (κ3) is 2.19. The molecule has 13 heavy (non-hydrogen) atoms. The van der Waals surface area contributed by atoms with Gasteiger partial charge in [-0.1, -0.05) is 6.92 Å². The van der Waals surface area contributed by atoms with E-state index in [-0.39, 0.29) is 5.56 Å². The Balaban J connectivity index is 3.28. The van der Waals surface area contributed by atoms with Crippen LogP contribution < -0.4 is 5.56 Å². The molecule has 1 atom stereocenters. The molecule has 0 saturated heterocycles. The van der Waals surface area contributed by atoms with Crippen LogP contribution in [0.2, 0.25) is 0 Å². The molecule has 0 amide bonds. The molecule has 1 aromatic heterocycles. The van der Waals surface area contributed by atoms with E-state index < -0.39 is 6.10 Å². The van der Waals surface area contributed by atoms with E-state index in [1.165, 1.54) is 0 Å². The van der Waals surface area contributed by atoms with Crippen molar-refractivity contribution in [3.05, 3.63) is 32.2 Å². The standard InChI is InChI=1S/C9H12BrNO2/c1-3-7(12)6-4-8(10)11-9(13)5(6)2/h4,7,12H,3H2,1-2H3,(H,11,13). The molecule has 4 heteroatoms. The predicted octanol–water partition coefficient (Wildman–Crippen LogP) is 1.89. The summed E-state index contributed by atoms with van der Waals surface area (Å²) in [5.74, 6) is 0. The third-order valence-corrected chi connectivity index (χ3v) is 2.46. The Kier molecular flexibility index (Phi) is 3.27. The number of nitrogens with one attached hydrogen (secondary N) is 1. The van der Waals surface area contributed by atoms with Gasteiger partial charge in [0.15, 0.2) is 0 Å². The SMILES string of the molecule is CCC(O)c1cc(Br)[nH]c(=O)c1C. The number of pyridine rings is 1. The highest BCUT2D eigenvalue weighted by Gasteiger charge is 2.11. The molecule has 0 aliphatic heterocycles. The number of aromatic nitrogens is 1. The highest BCUT2D eigenvalue weighted by molar-refractivity contribution is 9.10. The first-order chi connectivity index (χ1) is 6.06. The van der Waals surface area contributed by atoms with Crippen molar-refractivity contribution in [3.8, 4) is 0 Å². The molecule has 3 nitrogen and oxygen atoms in total. The lowest BCUT2D eigenvalue weighted by Gasteiger charge is -2.10. The molecule has 72 valence electrons. The molecule has 0 aromatic carbocycles. The van der Waals surface area contributed by atoms with Crippen LogP contribution in [-0.2, 0) is 0 Å². The normalized spacial score (nSPS) is 12.9. The molecular formula is C9H12BrNO2. The minimum atomic E-state index is -0.557. The second kappa shape index (κ2) is 4.07. The number of hydrogen-bond donors (Lipinski definition) is 2. The van der Waals surface area contributed by atoms with Crippen LogP contribution in [0.3, 0.4) is 0 Å². The van der Waals surface area contributed by atoms with Gasteiger partial charge < -0.3 is 10.1 Å². The molecule has 0 radical (unpaired) electrons. The summed E-state index contributed by atoms with van der Waals surface area (Å²) in [5.41, 5.74) is 1.12. The monoisotopic (exact) mass is 245 g/mol. The Bertz CT molecular complexity index is 359. The van der Waals surface area contributed by atoms with Crippen molar-refractivity contribution in [2.24, 2.45) is 0 Å². The number of rotatable bonds is 2. The minimum Gasteiger partial charge on any atom is -0.388 e. The summed E-state index contributed by atoms with van der Waals surface area (Å²) in [7, 11) is 0. The van der Waals surface area contributed by atoms with Gasteiger partial charge in [0.2, 0.25) is 0 Å². The van der Waals surface area contributed by atoms with Gasteiger partial charge in [-0.3, -0.25) is 4.79 Å². The third-order valence-electron chi connectivity index (χ3n) is 2.03. The summed E-state index contributed by atoms with van der Waals surface area (Å²) in [6.45, 7) is 3.58. The molecule has 1 rings (SSSR count). The first-order valence-corrected chi connectivity index (χ1v) is 4.93. The van der Waals surface area contributed by atoms with Crippen molar-refractivity contribution in [2.75, 3.05) is 0 Å². The maximum atomic E-state index is 11.3. The van der Waals surface area contributed by atoms with E-state index in [9.17, 15) is 9.90 Å². The smallest absolute Gasteiger partial charge is 0.252 e. The Hall–Kier alpha value is -0.610. The van der Waals surface area contributed by atoms with Gasteiger partial charge in [-0.15, -0.1) is 0 Å². The molecule has 0 fully saturated rings. The van der Waals surface area contributed by atoms with E-state index in [4.69, 9.17) is 0 Å². The van der Waals surface area contributed by atoms with E-state index in [1.54, 1.807) is 13.0 Å². The first kappa shape index (κ1) is 10.5. The van der Waals surface area contributed by atoms with Crippen LogP contribution in [-0.4, -0.2) is 10.1 Å². The second-order valence-corrected chi connectivity index (χ2v) is 3.81. The molecule has 0 saturated carbocycles. The van der Waals surface area contributed by atoms with Gasteiger partial charge in [0.1, 0.15) is 0 Å². The quantitative estimate of drug-likeness (QED) is 0.783. The summed E-state index contributed by atoms with van der Waals surface area (Å²) in [6.07, 6.45) is 0.0510. The van der Waals surface area contributed by atoms with Crippen molar-refractivity contribution in [1.29, 1.82) is 0 Å². The average molecular weight is 246 g/mol. The van der Waals surface area contributed by atoms with Crippen LogP contribution in [0.4, 0.5) is 0 Å². The fourth-order valence-corrected chi connectivity index (χ4v) is 1.61. The summed E-state index contributed by atoms with van der Waals surface area (Å²) in [5, 5.41) is 9.59. The maximum absolute atomic E-state index is 11.3. The number of halogens is 1. The van der Waals surface area contributed by atoms with Crippen LogP contribution in [0, 0.1) is 6.92 Å². The van der Waals surface area contributed by atoms with Crippen molar-refractivity contribution < 1.29 is 5.11 Å². The Morgan fingerprint density at radius 2 is 2.31 bits per heavy atom. The highest BCUT2D eigenvalue weighted by Crippen LogP contribution is 2.20. The molecule has 2 N–H and O–H groups in total. The Morgan fingerprint density at radius 3 is 2.85 bits per heavy atom. The zero-order valence-corrected chi connectivity index (χ0v) is 9.18. The van der Waals surface area contributed by atoms with Crippen molar-refractivity contribution in [3.63, 3.8) is 0 Å². The number of H-pyrrole nitrogens is 1. The molecule has 0 spiro atoms. The molecule has 1 aromatic rings. The van der Waals surface area contributed by atoms with Gasteiger partial charge in [-0.25, -0.2) is 0 Å². The fraction of sp³-hybridized carbons (Fsp3) is 0.444. The van der Waals surface area contributed by atoms with E-state index in [0.717, 1.165) is 0 Å². The molecule has 0 aliphatic carbocycles. The van der Waals surface area contributed by atoms with Gasteiger partial charge in [0, 0.05) is 5.56 Å². The van der Waals surface area contributed by atoms with Crippen LogP contribution in [0.15, 0.2) is 15.5 Å². The van der Waals surface area contributed by atoms with Crippen LogP contribution in [0.1, 0.15) is 30.6 Å². The summed E-state index contributed by atoms with van der Waals surface area (Å²) in [6, 6.07) is 1.74. The van der Waals surface area contributed by atoms with E-state index in [0.29, 0.717) is 22.2 Å². The molecular weight excluding hydrogens is 234 g/mol. The number of aliphatic hydroxyl groups is 1. The fourth-order valence-electron chi connectivity index (χ4n) is 1.18. The molecule has 1 unspecified atom stereocenters. The zero-order chi connectivity index (χ0) is 10.0. The van der Waals surface area contributed by atoms with Gasteiger partial charge in [0.25, 0.3) is 5.56 Å². The van der Waals surface area contributed by atoms with E-state index in [2.05, 4.69) is 20.9 Å². The first-order valence-electron chi connectivity index (χ1n) is 4.13. The van der Waals surface area contributed by atoms with Gasteiger partial charge in [-0.05, 0) is 40.9 Å². The van der Waals surface area contributed by atoms with E-state index >= 15 is 0 Å². The van der Waals surface area contributed by atoms with Gasteiger partial charge in [0.05, 0.1) is 10.7 Å². The number of aliphatic hydroxyl groups excluding tert-OH is 1. The predicted molar refractivity (Wildman–Crippen MR) is 54.8 cm³/mol. The molecule has 1 heterocycles. The number of aromatic amines is 1. The highest BCUT2D eigenvalue weighted by atomic mass is 79.9. The van der Waals surface area contributed by atoms with Crippen molar-refractivity contribution in [2.45, 2.75) is 26.4 Å². The lowest BCUT2D eigenvalue weighted by Crippen LogP contribution is -2.14. The molecule has 0 bridgehead atoms. The second-order valence-electron chi connectivity index (χ2n) is 2.95. The van der Waals surface area contributed by atoms with Crippen molar-refractivity contribution in [1.82, 2.24) is 4.98 Å². The largest absolute Gasteiger partial charge is 0.388 e. The van der Waals surface area contributed by atoms with Crippen LogP contribution in [0.5, 0.6) is 0 Å². The topological polar surface area (TPSA) is 53.1 Å². The van der Waals surface area contributed by atoms with Gasteiger partial charge >= 0.3 is 0 Å². The Labute approximate surface area is 84.9 Å². The maximum Gasteiger partial charge on any atom is 0.252 e. The number of hydrogen-bond acceptors (Lipinski definition) is 2. The summed E-state index contributed by atoms with van der Waals surface area (Å²) >= 11 is 3.18. The van der Waals surface area contributed by atoms with Crippen molar-refractivity contribution >= 4 is 15.9 Å². The molecule has 0 aliphatic rings. The van der Waals surface area contributed by atoms with Crippen LogP contribution in [0.25, 0.3) is 0 Å². The Morgan fingerprint density at radius 1 is 1.69 bits per heavy atom.